The minimum atomic E-state index is 0.514. The first-order chi connectivity index (χ1) is 12.7. The average Bonchev–Trinajstić information content (AvgIpc) is 3.18. The summed E-state index contributed by atoms with van der Waals surface area (Å²) in [6.07, 6.45) is 1.99. The quantitative estimate of drug-likeness (QED) is 0.674. The molecule has 0 atom stereocenters. The molecule has 5 rings (SSSR count). The first kappa shape index (κ1) is 15.7. The zero-order valence-electron chi connectivity index (χ0n) is 15.0. The van der Waals surface area contributed by atoms with Crippen LogP contribution in [-0.4, -0.2) is 67.0 Å². The maximum atomic E-state index is 5.47. The van der Waals surface area contributed by atoms with Crippen molar-refractivity contribution in [2.75, 3.05) is 31.6 Å². The lowest BCUT2D eigenvalue weighted by Crippen LogP contribution is -2.58. The van der Waals surface area contributed by atoms with E-state index in [1.807, 2.05) is 25.3 Å². The normalized spacial score (nSPS) is 17.7. The summed E-state index contributed by atoms with van der Waals surface area (Å²) in [5.41, 5.74) is 2.05. The highest BCUT2D eigenvalue weighted by Gasteiger charge is 2.32. The second-order valence-electron chi connectivity index (χ2n) is 7.05. The van der Waals surface area contributed by atoms with Gasteiger partial charge in [-0.15, -0.1) is 15.3 Å². The molecule has 0 aromatic carbocycles. The zero-order chi connectivity index (χ0) is 17.7. The lowest BCUT2D eigenvalue weighted by atomic mass is 10.1. The summed E-state index contributed by atoms with van der Waals surface area (Å²) in [7, 11) is 2.18. The van der Waals surface area contributed by atoms with Crippen molar-refractivity contribution in [1.29, 1.82) is 0 Å². The van der Waals surface area contributed by atoms with Crippen LogP contribution < -0.4 is 4.90 Å². The monoisotopic (exact) mass is 354 g/mol. The van der Waals surface area contributed by atoms with E-state index in [2.05, 4.69) is 41.7 Å². The molecule has 136 valence electrons. The molecule has 1 fully saturated rings. The van der Waals surface area contributed by atoms with E-state index < -0.39 is 0 Å². The summed E-state index contributed by atoms with van der Waals surface area (Å²) < 4.78 is 9.56. The number of ether oxygens (including phenoxy) is 1. The number of likely N-dealkylation sites (N-methyl/N-ethyl adjacent to an activating group) is 1. The molecule has 2 aliphatic rings. The summed E-state index contributed by atoms with van der Waals surface area (Å²) in [4.78, 5) is 9.18. The zero-order valence-corrected chi connectivity index (χ0v) is 15.0. The van der Waals surface area contributed by atoms with Crippen LogP contribution >= 0.6 is 0 Å². The van der Waals surface area contributed by atoms with E-state index in [1.54, 1.807) is 4.52 Å². The van der Waals surface area contributed by atoms with Gasteiger partial charge in [-0.05, 0) is 26.1 Å². The van der Waals surface area contributed by atoms with Gasteiger partial charge in [-0.3, -0.25) is 4.90 Å². The lowest BCUT2D eigenvalue weighted by molar-refractivity contribution is 0.0791. The molecule has 26 heavy (non-hydrogen) atoms. The molecule has 0 aliphatic carbocycles. The van der Waals surface area contributed by atoms with Crippen LogP contribution in [0.3, 0.4) is 0 Å². The smallest absolute Gasteiger partial charge is 0.178 e. The van der Waals surface area contributed by atoms with Crippen molar-refractivity contribution < 1.29 is 4.74 Å². The number of nitrogens with zero attached hydrogens (tertiary/aromatic N) is 8. The van der Waals surface area contributed by atoms with E-state index >= 15 is 0 Å². The van der Waals surface area contributed by atoms with E-state index in [9.17, 15) is 0 Å². The first-order valence-corrected chi connectivity index (χ1v) is 8.94. The number of aryl methyl sites for hydroxylation is 1. The highest BCUT2D eigenvalue weighted by Crippen LogP contribution is 2.23. The highest BCUT2D eigenvalue weighted by molar-refractivity contribution is 5.47. The second-order valence-corrected chi connectivity index (χ2v) is 7.05. The number of rotatable bonds is 4. The predicted octanol–water partition coefficient (Wildman–Crippen LogP) is 0.480. The molecule has 0 unspecified atom stereocenters. The van der Waals surface area contributed by atoms with Crippen molar-refractivity contribution in [3.63, 3.8) is 0 Å². The average molecular weight is 354 g/mol. The third kappa shape index (κ3) is 2.55. The number of hydrogen-bond acceptors (Lipinski definition) is 7. The van der Waals surface area contributed by atoms with E-state index in [4.69, 9.17) is 4.74 Å². The third-order valence-electron chi connectivity index (χ3n) is 5.34. The van der Waals surface area contributed by atoms with Gasteiger partial charge in [0.15, 0.2) is 11.5 Å². The Hall–Kier alpha value is -2.52. The van der Waals surface area contributed by atoms with Crippen LogP contribution in [0.15, 0.2) is 18.3 Å². The van der Waals surface area contributed by atoms with Gasteiger partial charge in [0.25, 0.3) is 0 Å². The standard InChI is InChI=1S/C17H22N8O/c1-12-19-20-15-3-4-16(21-25(12)15)23-9-14(10-23)22(2)8-13-7-18-17-11-26-6-5-24(13)17/h3-4,7,14H,5-6,8-11H2,1-2H3. The van der Waals surface area contributed by atoms with Gasteiger partial charge in [0.1, 0.15) is 18.2 Å². The predicted molar refractivity (Wildman–Crippen MR) is 94.9 cm³/mol. The van der Waals surface area contributed by atoms with Crippen molar-refractivity contribution in [2.24, 2.45) is 0 Å². The molecule has 9 nitrogen and oxygen atoms in total. The largest absolute Gasteiger partial charge is 0.372 e. The maximum absolute atomic E-state index is 5.47. The minimum absolute atomic E-state index is 0.514. The number of aromatic nitrogens is 6. The van der Waals surface area contributed by atoms with Gasteiger partial charge < -0.3 is 14.2 Å². The van der Waals surface area contributed by atoms with Crippen LogP contribution in [0.5, 0.6) is 0 Å². The summed E-state index contributed by atoms with van der Waals surface area (Å²) >= 11 is 0. The fourth-order valence-corrected chi connectivity index (χ4v) is 3.65. The van der Waals surface area contributed by atoms with Gasteiger partial charge >= 0.3 is 0 Å². The van der Waals surface area contributed by atoms with Crippen molar-refractivity contribution in [3.05, 3.63) is 35.7 Å². The Morgan fingerprint density at radius 1 is 1.27 bits per heavy atom. The Labute approximate surface area is 151 Å². The van der Waals surface area contributed by atoms with E-state index in [0.717, 1.165) is 55.9 Å². The summed E-state index contributed by atoms with van der Waals surface area (Å²) in [6.45, 7) is 7.06. The molecule has 0 bridgehead atoms. The summed E-state index contributed by atoms with van der Waals surface area (Å²) in [5, 5.41) is 12.8. The Balaban J connectivity index is 1.24. The van der Waals surface area contributed by atoms with Gasteiger partial charge in [-0.1, -0.05) is 0 Å². The Kier molecular flexibility index (Phi) is 3.64. The number of anilines is 1. The van der Waals surface area contributed by atoms with Gasteiger partial charge in [0.2, 0.25) is 0 Å². The Morgan fingerprint density at radius 2 is 2.15 bits per heavy atom. The second kappa shape index (κ2) is 6.03. The van der Waals surface area contributed by atoms with Crippen molar-refractivity contribution in [2.45, 2.75) is 32.7 Å². The van der Waals surface area contributed by atoms with Gasteiger partial charge in [-0.2, -0.15) is 4.52 Å². The molecule has 3 aromatic rings. The molecule has 0 amide bonds. The van der Waals surface area contributed by atoms with Crippen LogP contribution in [0.1, 0.15) is 17.3 Å². The highest BCUT2D eigenvalue weighted by atomic mass is 16.5. The minimum Gasteiger partial charge on any atom is -0.372 e. The molecule has 0 N–H and O–H groups in total. The third-order valence-corrected chi connectivity index (χ3v) is 5.34. The number of imidazole rings is 1. The fourth-order valence-electron chi connectivity index (χ4n) is 3.65. The number of fused-ring (bicyclic) bond motifs is 2. The molecule has 3 aromatic heterocycles. The van der Waals surface area contributed by atoms with E-state index in [-0.39, 0.29) is 0 Å². The Bertz CT molecular complexity index is 942. The van der Waals surface area contributed by atoms with E-state index in [0.29, 0.717) is 12.6 Å². The molecule has 0 saturated carbocycles. The van der Waals surface area contributed by atoms with Crippen LogP contribution in [0, 0.1) is 6.92 Å². The molecular formula is C17H22N8O. The molecule has 0 spiro atoms. The lowest BCUT2D eigenvalue weighted by Gasteiger charge is -2.44. The molecular weight excluding hydrogens is 332 g/mol. The number of hydrogen-bond donors (Lipinski definition) is 0. The summed E-state index contributed by atoms with van der Waals surface area (Å²) in [6, 6.07) is 4.51. The molecule has 9 heteroatoms. The van der Waals surface area contributed by atoms with Crippen LogP contribution in [0.25, 0.3) is 5.65 Å². The first-order valence-electron chi connectivity index (χ1n) is 8.94. The van der Waals surface area contributed by atoms with Gasteiger partial charge in [-0.25, -0.2) is 4.98 Å². The van der Waals surface area contributed by atoms with Crippen molar-refractivity contribution in [3.8, 4) is 0 Å². The van der Waals surface area contributed by atoms with Crippen LogP contribution in [-0.2, 0) is 24.4 Å². The van der Waals surface area contributed by atoms with Crippen LogP contribution in [0.2, 0.25) is 0 Å². The topological polar surface area (TPSA) is 76.6 Å². The maximum Gasteiger partial charge on any atom is 0.178 e. The molecule has 2 aliphatic heterocycles. The SMILES string of the molecule is Cc1nnc2ccc(N3CC(N(C)Cc4cnc5n4CCOC5)C3)nn12. The van der Waals surface area contributed by atoms with Gasteiger partial charge in [0.05, 0.1) is 12.3 Å². The Morgan fingerprint density at radius 3 is 3.04 bits per heavy atom. The van der Waals surface area contributed by atoms with Crippen molar-refractivity contribution in [1.82, 2.24) is 34.3 Å². The fraction of sp³-hybridized carbons (Fsp3) is 0.529. The summed E-state index contributed by atoms with van der Waals surface area (Å²) in [5.74, 6) is 2.83. The van der Waals surface area contributed by atoms with Crippen molar-refractivity contribution >= 4 is 11.5 Å². The molecule has 0 radical (unpaired) electrons. The molecule has 1 saturated heterocycles. The van der Waals surface area contributed by atoms with Gasteiger partial charge in [0, 0.05) is 38.4 Å². The van der Waals surface area contributed by atoms with Crippen LogP contribution in [0.4, 0.5) is 5.82 Å². The van der Waals surface area contributed by atoms with E-state index in [1.165, 1.54) is 5.69 Å². The molecule has 5 heterocycles.